The van der Waals surface area contributed by atoms with E-state index in [4.69, 9.17) is 0 Å². The van der Waals surface area contributed by atoms with Crippen LogP contribution in [-0.4, -0.2) is 14.3 Å². The minimum Gasteiger partial charge on any atom is -0.346 e. The molecule has 0 atom stereocenters. The van der Waals surface area contributed by atoms with Gasteiger partial charge in [-0.15, -0.1) is 0 Å². The van der Waals surface area contributed by atoms with E-state index in [9.17, 15) is 9.18 Å². The third kappa shape index (κ3) is 3.37. The highest BCUT2D eigenvalue weighted by Crippen LogP contribution is 2.33. The molecule has 0 radical (unpaired) electrons. The minimum atomic E-state index is -0.453. The van der Waals surface area contributed by atoms with Crippen LogP contribution in [0.1, 0.15) is 23.2 Å². The van der Waals surface area contributed by atoms with Crippen LogP contribution in [0.3, 0.4) is 0 Å². The normalized spacial score (nSPS) is 12.9. The molecule has 2 aliphatic heterocycles. The summed E-state index contributed by atoms with van der Waals surface area (Å²) in [5.41, 5.74) is 7.02. The van der Waals surface area contributed by atoms with E-state index in [1.807, 2.05) is 24.4 Å². The van der Waals surface area contributed by atoms with Crippen molar-refractivity contribution in [2.45, 2.75) is 25.8 Å². The topological polar surface area (TPSA) is 39.8 Å². The summed E-state index contributed by atoms with van der Waals surface area (Å²) < 4.78 is 17.8. The summed E-state index contributed by atoms with van der Waals surface area (Å²) in [6, 6.07) is 25.1. The number of halogens is 1. The second kappa shape index (κ2) is 7.85. The van der Waals surface area contributed by atoms with Gasteiger partial charge < -0.3 is 4.57 Å². The Labute approximate surface area is 190 Å². The molecule has 3 aromatic carbocycles. The number of pyridine rings is 1. The third-order valence-electron chi connectivity index (χ3n) is 6.48. The number of benzene rings is 3. The Morgan fingerprint density at radius 2 is 1.58 bits per heavy atom. The summed E-state index contributed by atoms with van der Waals surface area (Å²) in [7, 11) is 0. The maximum atomic E-state index is 14.4. The highest BCUT2D eigenvalue weighted by atomic mass is 19.1. The molecule has 33 heavy (non-hydrogen) atoms. The molecule has 3 aliphatic rings. The van der Waals surface area contributed by atoms with Gasteiger partial charge in [0, 0.05) is 18.4 Å². The van der Waals surface area contributed by atoms with Crippen molar-refractivity contribution in [1.29, 1.82) is 0 Å². The first-order valence-electron chi connectivity index (χ1n) is 11.2. The maximum absolute atomic E-state index is 14.4. The predicted octanol–water partition coefficient (Wildman–Crippen LogP) is 5.48. The zero-order chi connectivity index (χ0) is 22.4. The zero-order valence-electron chi connectivity index (χ0n) is 18.0. The van der Waals surface area contributed by atoms with Gasteiger partial charge in [-0.2, -0.15) is 9.78 Å². The van der Waals surface area contributed by atoms with Crippen molar-refractivity contribution < 1.29 is 4.39 Å². The first-order chi connectivity index (χ1) is 16.2. The fourth-order valence-corrected chi connectivity index (χ4v) is 4.85. The summed E-state index contributed by atoms with van der Waals surface area (Å²) in [4.78, 5) is 13.2. The van der Waals surface area contributed by atoms with Crippen LogP contribution in [0.4, 0.5) is 4.39 Å². The van der Waals surface area contributed by atoms with Gasteiger partial charge in [-0.3, -0.25) is 4.79 Å². The zero-order valence-corrected chi connectivity index (χ0v) is 18.0. The Morgan fingerprint density at radius 3 is 2.36 bits per heavy atom. The molecule has 0 amide bonds. The van der Waals surface area contributed by atoms with Gasteiger partial charge >= 0.3 is 0 Å². The van der Waals surface area contributed by atoms with Crippen molar-refractivity contribution in [1.82, 2.24) is 14.3 Å². The van der Waals surface area contributed by atoms with E-state index < -0.39 is 5.82 Å². The lowest BCUT2D eigenvalue weighted by atomic mass is 10.0. The van der Waals surface area contributed by atoms with Crippen molar-refractivity contribution in [2.24, 2.45) is 0 Å². The number of fused-ring (bicyclic) bond motifs is 3. The Bertz CT molecular complexity index is 1480. The lowest BCUT2D eigenvalue weighted by Crippen LogP contribution is -2.17. The molecule has 4 nitrogen and oxygen atoms in total. The number of rotatable bonds is 4. The van der Waals surface area contributed by atoms with E-state index in [2.05, 4.69) is 46.1 Å². The molecule has 0 saturated heterocycles. The van der Waals surface area contributed by atoms with Crippen LogP contribution in [0.15, 0.2) is 89.9 Å². The Kier molecular flexibility index (Phi) is 4.68. The minimum absolute atomic E-state index is 0.188. The molecule has 0 unspecified atom stereocenters. The average Bonchev–Trinajstić information content (AvgIpc) is 3.46. The van der Waals surface area contributed by atoms with Crippen molar-refractivity contribution in [2.75, 3.05) is 0 Å². The van der Waals surface area contributed by atoms with Gasteiger partial charge in [0.25, 0.3) is 5.56 Å². The molecule has 2 heterocycles. The van der Waals surface area contributed by atoms with Gasteiger partial charge in [0.1, 0.15) is 17.2 Å². The molecule has 0 bridgehead atoms. The molecular formula is C28H22FN3O. The summed E-state index contributed by atoms with van der Waals surface area (Å²) in [6.45, 7) is 0.678. The summed E-state index contributed by atoms with van der Waals surface area (Å²) in [6.07, 6.45) is 4.76. The molecular weight excluding hydrogens is 413 g/mol. The van der Waals surface area contributed by atoms with E-state index in [1.54, 1.807) is 18.2 Å². The van der Waals surface area contributed by atoms with Gasteiger partial charge in [0.2, 0.25) is 0 Å². The van der Waals surface area contributed by atoms with Crippen molar-refractivity contribution in [3.63, 3.8) is 0 Å². The first kappa shape index (κ1) is 19.7. The second-order valence-corrected chi connectivity index (χ2v) is 8.53. The molecule has 0 spiro atoms. The molecule has 0 saturated carbocycles. The number of aromatic nitrogens is 3. The van der Waals surface area contributed by atoms with Gasteiger partial charge in [0.05, 0.1) is 5.56 Å². The average molecular weight is 436 g/mol. The number of hydrogen-bond acceptors (Lipinski definition) is 2. The van der Waals surface area contributed by atoms with Crippen LogP contribution in [-0.2, 0) is 19.4 Å². The van der Waals surface area contributed by atoms with Crippen LogP contribution in [0.25, 0.3) is 28.1 Å². The van der Waals surface area contributed by atoms with Crippen molar-refractivity contribution >= 4 is 0 Å². The SMILES string of the molecule is O=c1c2cn(Cc3ccc(-c4ccccc4)cc3)c3c(c-2nn1-c1ccccc1F)CCC3. The van der Waals surface area contributed by atoms with Crippen LogP contribution in [0.5, 0.6) is 0 Å². The van der Waals surface area contributed by atoms with Crippen molar-refractivity contribution in [3.8, 4) is 28.1 Å². The molecule has 0 N–H and O–H groups in total. The largest absolute Gasteiger partial charge is 0.346 e. The first-order valence-corrected chi connectivity index (χ1v) is 11.2. The predicted molar refractivity (Wildman–Crippen MR) is 127 cm³/mol. The molecule has 3 aromatic rings. The van der Waals surface area contributed by atoms with Crippen LogP contribution < -0.4 is 5.56 Å². The molecule has 0 fully saturated rings. The van der Waals surface area contributed by atoms with E-state index >= 15 is 0 Å². The number of nitrogens with zero attached hydrogens (tertiary/aromatic N) is 3. The summed E-state index contributed by atoms with van der Waals surface area (Å²) in [5, 5.41) is 4.56. The molecule has 0 aromatic heterocycles. The lowest BCUT2D eigenvalue weighted by Gasteiger charge is -2.16. The molecule has 1 aliphatic carbocycles. The fourth-order valence-electron chi connectivity index (χ4n) is 4.85. The lowest BCUT2D eigenvalue weighted by molar-refractivity contribution is 0.609. The van der Waals surface area contributed by atoms with Gasteiger partial charge in [-0.05, 0) is 53.6 Å². The number of para-hydroxylation sites is 1. The molecule has 5 heteroatoms. The maximum Gasteiger partial charge on any atom is 0.282 e. The van der Waals surface area contributed by atoms with Crippen molar-refractivity contribution in [3.05, 3.63) is 118 Å². The van der Waals surface area contributed by atoms with Gasteiger partial charge in [-0.1, -0.05) is 66.7 Å². The number of hydrogen-bond donors (Lipinski definition) is 0. The fraction of sp³-hybridized carbons (Fsp3) is 0.143. The summed E-state index contributed by atoms with van der Waals surface area (Å²) in [5.74, 6) is -0.453. The molecule has 6 rings (SSSR count). The monoisotopic (exact) mass is 435 g/mol. The van der Waals surface area contributed by atoms with E-state index in [1.165, 1.54) is 33.1 Å². The van der Waals surface area contributed by atoms with E-state index in [0.29, 0.717) is 17.8 Å². The van der Waals surface area contributed by atoms with Crippen LogP contribution in [0.2, 0.25) is 0 Å². The van der Waals surface area contributed by atoms with Gasteiger partial charge in [0.15, 0.2) is 0 Å². The highest BCUT2D eigenvalue weighted by Gasteiger charge is 2.27. The Balaban J connectivity index is 1.41. The Hall–Kier alpha value is -3.99. The standard InChI is InChI=1S/C28H22FN3O/c29-24-10-4-5-11-26(24)32-28(33)23-18-31(25-12-6-9-22(25)27(23)30-32)17-19-13-15-21(16-14-19)20-7-2-1-3-8-20/h1-5,7-8,10-11,13-16,18H,6,9,12,17H2. The highest BCUT2D eigenvalue weighted by molar-refractivity contribution is 5.66. The smallest absolute Gasteiger partial charge is 0.282 e. The van der Waals surface area contributed by atoms with E-state index in [0.717, 1.165) is 24.8 Å². The Morgan fingerprint density at radius 1 is 0.848 bits per heavy atom. The quantitative estimate of drug-likeness (QED) is 0.375. The molecule has 162 valence electrons. The van der Waals surface area contributed by atoms with E-state index in [-0.39, 0.29) is 11.2 Å². The summed E-state index contributed by atoms with van der Waals surface area (Å²) >= 11 is 0. The van der Waals surface area contributed by atoms with Crippen LogP contribution in [0, 0.1) is 5.82 Å². The van der Waals surface area contributed by atoms with Crippen LogP contribution >= 0.6 is 0 Å². The van der Waals surface area contributed by atoms with Gasteiger partial charge in [-0.25, -0.2) is 4.39 Å². The third-order valence-corrected chi connectivity index (χ3v) is 6.48. The second-order valence-electron chi connectivity index (χ2n) is 8.53.